The molecule has 0 bridgehead atoms. The summed E-state index contributed by atoms with van der Waals surface area (Å²) in [6.45, 7) is 4.35. The van der Waals surface area contributed by atoms with Crippen molar-refractivity contribution >= 4 is 21.4 Å². The van der Waals surface area contributed by atoms with Gasteiger partial charge in [-0.15, -0.1) is 11.3 Å². The monoisotopic (exact) mass is 302 g/mol. The topological polar surface area (TPSA) is 72.2 Å². The number of rotatable bonds is 4. The van der Waals surface area contributed by atoms with Crippen LogP contribution in [0.4, 0.5) is 0 Å². The number of hydrogen-bond donors (Lipinski definition) is 2. The van der Waals surface area contributed by atoms with E-state index in [4.69, 9.17) is 5.73 Å². The summed E-state index contributed by atoms with van der Waals surface area (Å²) in [6.07, 6.45) is 4.35. The molecule has 108 valence electrons. The van der Waals surface area contributed by atoms with Crippen LogP contribution < -0.4 is 10.5 Å². The SMILES string of the molecule is Cc1sc(CN)cc1S(=O)(=O)NC1CCCCC1C. The lowest BCUT2D eigenvalue weighted by Crippen LogP contribution is -2.41. The van der Waals surface area contributed by atoms with Crippen LogP contribution in [-0.2, 0) is 16.6 Å². The first-order chi connectivity index (χ1) is 8.94. The van der Waals surface area contributed by atoms with E-state index in [1.54, 1.807) is 6.07 Å². The molecule has 1 fully saturated rings. The van der Waals surface area contributed by atoms with Crippen molar-refractivity contribution < 1.29 is 8.42 Å². The van der Waals surface area contributed by atoms with E-state index in [9.17, 15) is 8.42 Å². The van der Waals surface area contributed by atoms with Gasteiger partial charge in [-0.05, 0) is 31.7 Å². The van der Waals surface area contributed by atoms with E-state index in [0.29, 0.717) is 17.4 Å². The van der Waals surface area contributed by atoms with Crippen LogP contribution in [0.25, 0.3) is 0 Å². The fourth-order valence-electron chi connectivity index (χ4n) is 2.65. The van der Waals surface area contributed by atoms with Crippen molar-refractivity contribution in [1.82, 2.24) is 4.72 Å². The maximum absolute atomic E-state index is 12.5. The highest BCUT2D eigenvalue weighted by Gasteiger charge is 2.28. The van der Waals surface area contributed by atoms with Crippen LogP contribution in [-0.4, -0.2) is 14.5 Å². The largest absolute Gasteiger partial charge is 0.326 e. The molecule has 0 aromatic carbocycles. The summed E-state index contributed by atoms with van der Waals surface area (Å²) in [4.78, 5) is 2.13. The Bertz CT molecular complexity index is 537. The van der Waals surface area contributed by atoms with Crippen LogP contribution in [0.3, 0.4) is 0 Å². The van der Waals surface area contributed by atoms with Gasteiger partial charge in [-0.3, -0.25) is 0 Å². The first-order valence-electron chi connectivity index (χ1n) is 6.75. The Morgan fingerprint density at radius 3 is 2.68 bits per heavy atom. The van der Waals surface area contributed by atoms with Crippen molar-refractivity contribution in [1.29, 1.82) is 0 Å². The average Bonchev–Trinajstić information content (AvgIpc) is 2.74. The molecule has 1 saturated carbocycles. The third-order valence-electron chi connectivity index (χ3n) is 3.83. The molecule has 3 N–H and O–H groups in total. The van der Waals surface area contributed by atoms with Gasteiger partial charge in [-0.25, -0.2) is 13.1 Å². The molecule has 2 unspecified atom stereocenters. The number of aryl methyl sites for hydroxylation is 1. The second-order valence-corrected chi connectivity index (χ2v) is 8.35. The number of thiophene rings is 1. The molecule has 1 aromatic heterocycles. The molecular formula is C13H22N2O2S2. The van der Waals surface area contributed by atoms with E-state index in [-0.39, 0.29) is 6.04 Å². The molecule has 0 aliphatic heterocycles. The molecule has 1 aromatic rings. The van der Waals surface area contributed by atoms with Gasteiger partial charge in [0.2, 0.25) is 10.0 Å². The number of nitrogens with one attached hydrogen (secondary N) is 1. The Morgan fingerprint density at radius 1 is 1.42 bits per heavy atom. The average molecular weight is 302 g/mol. The normalized spacial score (nSPS) is 24.6. The number of hydrogen-bond acceptors (Lipinski definition) is 4. The standard InChI is InChI=1S/C13H22N2O2S2/c1-9-5-3-4-6-12(9)15-19(16,17)13-7-11(8-14)18-10(13)2/h7,9,12,15H,3-6,8,14H2,1-2H3. The van der Waals surface area contributed by atoms with Crippen LogP contribution >= 0.6 is 11.3 Å². The summed E-state index contributed by atoms with van der Waals surface area (Å²) < 4.78 is 27.8. The minimum Gasteiger partial charge on any atom is -0.326 e. The maximum atomic E-state index is 12.5. The molecule has 1 aliphatic rings. The first-order valence-corrected chi connectivity index (χ1v) is 9.05. The quantitative estimate of drug-likeness (QED) is 0.897. The predicted molar refractivity (Wildman–Crippen MR) is 78.7 cm³/mol. The molecule has 0 spiro atoms. The van der Waals surface area contributed by atoms with Gasteiger partial charge in [0.1, 0.15) is 0 Å². The summed E-state index contributed by atoms with van der Waals surface area (Å²) >= 11 is 1.46. The Kier molecular flexibility index (Phi) is 4.66. The van der Waals surface area contributed by atoms with Crippen molar-refractivity contribution in [2.75, 3.05) is 0 Å². The van der Waals surface area contributed by atoms with Crippen LogP contribution in [0.15, 0.2) is 11.0 Å². The highest BCUT2D eigenvalue weighted by Crippen LogP contribution is 2.28. The second kappa shape index (κ2) is 5.91. The van der Waals surface area contributed by atoms with E-state index in [1.807, 2.05) is 6.92 Å². The molecule has 0 saturated heterocycles. The van der Waals surface area contributed by atoms with Crippen molar-refractivity contribution in [3.05, 3.63) is 15.8 Å². The highest BCUT2D eigenvalue weighted by atomic mass is 32.2. The number of sulfonamides is 1. The summed E-state index contributed by atoms with van der Waals surface area (Å²) in [5, 5.41) is 0. The molecule has 0 radical (unpaired) electrons. The van der Waals surface area contributed by atoms with E-state index < -0.39 is 10.0 Å². The maximum Gasteiger partial charge on any atom is 0.241 e. The van der Waals surface area contributed by atoms with Crippen molar-refractivity contribution in [2.24, 2.45) is 11.7 Å². The van der Waals surface area contributed by atoms with E-state index in [2.05, 4.69) is 11.6 Å². The van der Waals surface area contributed by atoms with E-state index in [0.717, 1.165) is 29.0 Å². The van der Waals surface area contributed by atoms with Crippen LogP contribution in [0.5, 0.6) is 0 Å². The van der Waals surface area contributed by atoms with E-state index >= 15 is 0 Å². The third-order valence-corrected chi connectivity index (χ3v) is 6.65. The van der Waals surface area contributed by atoms with Gasteiger partial charge in [0.05, 0.1) is 4.90 Å². The molecule has 2 atom stereocenters. The summed E-state index contributed by atoms with van der Waals surface area (Å²) in [5.74, 6) is 0.413. The van der Waals surface area contributed by atoms with Crippen molar-refractivity contribution in [3.63, 3.8) is 0 Å². The lowest BCUT2D eigenvalue weighted by Gasteiger charge is -2.29. The number of nitrogens with two attached hydrogens (primary N) is 1. The highest BCUT2D eigenvalue weighted by molar-refractivity contribution is 7.89. The molecule has 19 heavy (non-hydrogen) atoms. The molecule has 6 heteroatoms. The first kappa shape index (κ1) is 15.0. The van der Waals surface area contributed by atoms with Crippen LogP contribution in [0.1, 0.15) is 42.4 Å². The fourth-order valence-corrected chi connectivity index (χ4v) is 5.54. The van der Waals surface area contributed by atoms with Gasteiger partial charge < -0.3 is 5.73 Å². The van der Waals surface area contributed by atoms with Gasteiger partial charge in [-0.1, -0.05) is 19.8 Å². The molecule has 1 heterocycles. The fraction of sp³-hybridized carbons (Fsp3) is 0.692. The van der Waals surface area contributed by atoms with Gasteiger partial charge >= 0.3 is 0 Å². The molecular weight excluding hydrogens is 280 g/mol. The molecule has 0 amide bonds. The summed E-state index contributed by atoms with van der Waals surface area (Å²) in [5.41, 5.74) is 5.58. The van der Waals surface area contributed by atoms with Crippen LogP contribution in [0, 0.1) is 12.8 Å². The summed E-state index contributed by atoms with van der Waals surface area (Å²) in [6, 6.07) is 1.77. The minimum absolute atomic E-state index is 0.0689. The molecule has 2 rings (SSSR count). The lowest BCUT2D eigenvalue weighted by molar-refractivity contribution is 0.310. The van der Waals surface area contributed by atoms with Gasteiger partial charge in [0.25, 0.3) is 0 Å². The van der Waals surface area contributed by atoms with Gasteiger partial charge in [0.15, 0.2) is 0 Å². The van der Waals surface area contributed by atoms with Crippen molar-refractivity contribution in [2.45, 2.75) is 57.0 Å². The zero-order valence-electron chi connectivity index (χ0n) is 11.5. The Labute approximate surface area is 119 Å². The minimum atomic E-state index is -3.41. The molecule has 4 nitrogen and oxygen atoms in total. The second-order valence-electron chi connectivity index (χ2n) is 5.33. The zero-order chi connectivity index (χ0) is 14.0. The van der Waals surface area contributed by atoms with Crippen LogP contribution in [0.2, 0.25) is 0 Å². The third kappa shape index (κ3) is 3.37. The Balaban J connectivity index is 2.19. The van der Waals surface area contributed by atoms with Crippen molar-refractivity contribution in [3.8, 4) is 0 Å². The zero-order valence-corrected chi connectivity index (χ0v) is 13.1. The van der Waals surface area contributed by atoms with Gasteiger partial charge in [-0.2, -0.15) is 0 Å². The Morgan fingerprint density at radius 2 is 2.11 bits per heavy atom. The van der Waals surface area contributed by atoms with Gasteiger partial charge in [0, 0.05) is 22.3 Å². The van der Waals surface area contributed by atoms with E-state index in [1.165, 1.54) is 17.8 Å². The molecule has 1 aliphatic carbocycles. The Hall–Kier alpha value is -0.430. The smallest absolute Gasteiger partial charge is 0.241 e. The predicted octanol–water partition coefficient (Wildman–Crippen LogP) is 2.37. The summed E-state index contributed by atoms with van der Waals surface area (Å²) in [7, 11) is -3.41. The lowest BCUT2D eigenvalue weighted by atomic mass is 9.87.